The van der Waals surface area contributed by atoms with Crippen molar-refractivity contribution in [2.24, 2.45) is 0 Å². The van der Waals surface area contributed by atoms with E-state index in [1.165, 1.54) is 0 Å². The van der Waals surface area contributed by atoms with E-state index in [1.807, 2.05) is 30.3 Å². The largest absolute Gasteiger partial charge is 0.460 e. The standard InChI is InChI=1S/C22H33NO6.Sn/c1-21(2,3)28-18(24)14-10-13-17(19(25)29-22(4,5)6)23-20(26)27-15-16-11-8-7-9-12-16;/h7-9,11-12,17H,10,13-15H2,1-6H3,(H,23,26);. The Hall–Kier alpha value is -1.77. The number of nitrogens with one attached hydrogen (secondary N) is 1. The Balaban J connectivity index is 0.00000841. The van der Waals surface area contributed by atoms with Gasteiger partial charge in [0.05, 0.1) is 0 Å². The number of hydrogen-bond acceptors (Lipinski definition) is 6. The van der Waals surface area contributed by atoms with Gasteiger partial charge in [-0.1, -0.05) is 30.3 Å². The molecule has 1 aromatic carbocycles. The maximum atomic E-state index is 12.5. The van der Waals surface area contributed by atoms with Gasteiger partial charge in [0.1, 0.15) is 23.9 Å². The van der Waals surface area contributed by atoms with Crippen LogP contribution in [0.5, 0.6) is 0 Å². The summed E-state index contributed by atoms with van der Waals surface area (Å²) in [6.07, 6.45) is 0.00550. The van der Waals surface area contributed by atoms with Gasteiger partial charge in [0.15, 0.2) is 0 Å². The normalized spacial score (nSPS) is 12.2. The first kappa shape index (κ1) is 28.2. The van der Waals surface area contributed by atoms with Crippen molar-refractivity contribution in [3.63, 3.8) is 0 Å². The second kappa shape index (κ2) is 12.8. The Morgan fingerprint density at radius 2 is 1.50 bits per heavy atom. The van der Waals surface area contributed by atoms with E-state index in [4.69, 9.17) is 14.2 Å². The fourth-order valence-electron chi connectivity index (χ4n) is 2.37. The summed E-state index contributed by atoms with van der Waals surface area (Å²) in [6, 6.07) is 8.30. The van der Waals surface area contributed by atoms with Crippen LogP contribution >= 0.6 is 0 Å². The molecule has 1 atom stereocenters. The van der Waals surface area contributed by atoms with Crippen LogP contribution in [-0.4, -0.2) is 59.2 Å². The van der Waals surface area contributed by atoms with Crippen molar-refractivity contribution in [1.29, 1.82) is 0 Å². The summed E-state index contributed by atoms with van der Waals surface area (Å²) in [4.78, 5) is 36.5. The maximum absolute atomic E-state index is 12.5. The van der Waals surface area contributed by atoms with Gasteiger partial charge in [-0.25, -0.2) is 9.59 Å². The molecule has 0 spiro atoms. The quantitative estimate of drug-likeness (QED) is 0.316. The van der Waals surface area contributed by atoms with E-state index >= 15 is 0 Å². The van der Waals surface area contributed by atoms with Crippen molar-refractivity contribution in [1.82, 2.24) is 5.32 Å². The van der Waals surface area contributed by atoms with Crippen LogP contribution in [0.2, 0.25) is 0 Å². The van der Waals surface area contributed by atoms with E-state index < -0.39 is 29.3 Å². The van der Waals surface area contributed by atoms with E-state index in [0.29, 0.717) is 6.42 Å². The molecular weight excluding hydrogens is 493 g/mol. The van der Waals surface area contributed by atoms with E-state index in [-0.39, 0.29) is 49.3 Å². The number of carbonyl (C=O) groups is 3. The summed E-state index contributed by atoms with van der Waals surface area (Å²) in [5.41, 5.74) is -0.432. The zero-order valence-corrected chi connectivity index (χ0v) is 21.6. The molecule has 0 saturated carbocycles. The van der Waals surface area contributed by atoms with E-state index in [1.54, 1.807) is 41.5 Å². The smallest absolute Gasteiger partial charge is 0.408 e. The molecule has 7 nitrogen and oxygen atoms in total. The molecule has 0 aromatic heterocycles. The molecule has 166 valence electrons. The van der Waals surface area contributed by atoms with Gasteiger partial charge in [0, 0.05) is 30.3 Å². The van der Waals surface area contributed by atoms with Crippen LogP contribution in [0, 0.1) is 0 Å². The molecule has 0 aliphatic rings. The molecule has 0 bridgehead atoms. The first-order valence-corrected chi connectivity index (χ1v) is 9.78. The van der Waals surface area contributed by atoms with Crippen LogP contribution in [-0.2, 0) is 30.4 Å². The third-order valence-electron chi connectivity index (χ3n) is 3.49. The van der Waals surface area contributed by atoms with Crippen molar-refractivity contribution in [2.45, 2.75) is 84.7 Å². The van der Waals surface area contributed by atoms with E-state index in [9.17, 15) is 14.4 Å². The van der Waals surface area contributed by atoms with Crippen LogP contribution < -0.4 is 5.32 Å². The topological polar surface area (TPSA) is 90.9 Å². The SMILES string of the molecule is CC(C)(C)OC(=O)CCCC(NC(=O)OCc1ccccc1)C(=O)OC(C)(C)C.[Sn]. The van der Waals surface area contributed by atoms with Gasteiger partial charge < -0.3 is 19.5 Å². The Kier molecular flexibility index (Phi) is 12.1. The van der Waals surface area contributed by atoms with Gasteiger partial charge in [-0.05, 0) is 59.9 Å². The van der Waals surface area contributed by atoms with Crippen molar-refractivity contribution >= 4 is 41.9 Å². The summed E-state index contributed by atoms with van der Waals surface area (Å²) in [5.74, 6) is -0.926. The number of benzene rings is 1. The second-order valence-electron chi connectivity index (χ2n) is 8.77. The van der Waals surface area contributed by atoms with Crippen LogP contribution in [0.3, 0.4) is 0 Å². The van der Waals surface area contributed by atoms with Crippen LogP contribution in [0.1, 0.15) is 66.4 Å². The van der Waals surface area contributed by atoms with Gasteiger partial charge in [-0.2, -0.15) is 0 Å². The number of hydrogen-bond donors (Lipinski definition) is 1. The van der Waals surface area contributed by atoms with Gasteiger partial charge in [-0.3, -0.25) is 4.79 Å². The molecular formula is C22H33NO6Sn. The van der Waals surface area contributed by atoms with Crippen molar-refractivity contribution < 1.29 is 28.6 Å². The summed E-state index contributed by atoms with van der Waals surface area (Å²) in [5, 5.41) is 2.54. The number of alkyl carbamates (subject to hydrolysis) is 1. The zero-order valence-electron chi connectivity index (χ0n) is 18.7. The Labute approximate surface area is 196 Å². The summed E-state index contributed by atoms with van der Waals surface area (Å²) < 4.78 is 15.8. The summed E-state index contributed by atoms with van der Waals surface area (Å²) in [6.45, 7) is 10.7. The van der Waals surface area contributed by atoms with Crippen molar-refractivity contribution in [3.05, 3.63) is 35.9 Å². The molecule has 1 aromatic rings. The first-order chi connectivity index (χ1) is 13.4. The second-order valence-corrected chi connectivity index (χ2v) is 8.77. The number of esters is 2. The van der Waals surface area contributed by atoms with Gasteiger partial charge in [-0.15, -0.1) is 0 Å². The average molecular weight is 526 g/mol. The Bertz CT molecular complexity index is 679. The minimum absolute atomic E-state index is 0. The Morgan fingerprint density at radius 1 is 0.933 bits per heavy atom. The molecule has 8 heteroatoms. The van der Waals surface area contributed by atoms with Gasteiger partial charge in [0.25, 0.3) is 0 Å². The molecule has 4 radical (unpaired) electrons. The number of ether oxygens (including phenoxy) is 3. The monoisotopic (exact) mass is 527 g/mol. The molecule has 0 aliphatic heterocycles. The molecule has 0 heterocycles. The number of carbonyl (C=O) groups excluding carboxylic acids is 3. The molecule has 30 heavy (non-hydrogen) atoms. The van der Waals surface area contributed by atoms with E-state index in [0.717, 1.165) is 5.56 Å². The van der Waals surface area contributed by atoms with E-state index in [2.05, 4.69) is 5.32 Å². The molecule has 0 aliphatic carbocycles. The van der Waals surface area contributed by atoms with Gasteiger partial charge in [0.2, 0.25) is 0 Å². The number of amides is 1. The zero-order chi connectivity index (χ0) is 22.1. The molecule has 1 N–H and O–H groups in total. The molecule has 0 saturated heterocycles. The fraction of sp³-hybridized carbons (Fsp3) is 0.591. The molecule has 1 rings (SSSR count). The predicted octanol–water partition coefficient (Wildman–Crippen LogP) is 3.75. The predicted molar refractivity (Wildman–Crippen MR) is 115 cm³/mol. The molecule has 0 fully saturated rings. The third-order valence-corrected chi connectivity index (χ3v) is 3.49. The minimum Gasteiger partial charge on any atom is -0.460 e. The summed E-state index contributed by atoms with van der Waals surface area (Å²) in [7, 11) is 0. The summed E-state index contributed by atoms with van der Waals surface area (Å²) >= 11 is 0. The number of rotatable bonds is 8. The van der Waals surface area contributed by atoms with Crippen LogP contribution in [0.4, 0.5) is 4.79 Å². The van der Waals surface area contributed by atoms with Crippen LogP contribution in [0.15, 0.2) is 30.3 Å². The minimum atomic E-state index is -0.917. The third kappa shape index (κ3) is 13.5. The fourth-order valence-corrected chi connectivity index (χ4v) is 2.37. The van der Waals surface area contributed by atoms with Crippen molar-refractivity contribution in [3.8, 4) is 0 Å². The first-order valence-electron chi connectivity index (χ1n) is 9.78. The van der Waals surface area contributed by atoms with Gasteiger partial charge >= 0.3 is 18.0 Å². The van der Waals surface area contributed by atoms with Crippen LogP contribution in [0.25, 0.3) is 0 Å². The average Bonchev–Trinajstić information content (AvgIpc) is 2.57. The maximum Gasteiger partial charge on any atom is 0.408 e. The molecule has 1 unspecified atom stereocenters. The van der Waals surface area contributed by atoms with Crippen molar-refractivity contribution in [2.75, 3.05) is 0 Å². The molecule has 1 amide bonds. The Morgan fingerprint density at radius 3 is 2.03 bits per heavy atom.